The summed E-state index contributed by atoms with van der Waals surface area (Å²) in [6.45, 7) is 0. The molecular formula is C8H5N3O4S2. The van der Waals surface area contributed by atoms with Gasteiger partial charge in [-0.05, 0) is 0 Å². The summed E-state index contributed by atoms with van der Waals surface area (Å²) in [7, 11) is 0. The van der Waals surface area contributed by atoms with Crippen molar-refractivity contribution >= 4 is 38.9 Å². The first-order valence-electron chi connectivity index (χ1n) is 4.26. The number of carbonyl (C=O) groups excluding carboxylic acids is 1. The molecule has 0 fully saturated rings. The minimum Gasteiger partial charge on any atom is -0.409 e. The van der Waals surface area contributed by atoms with Gasteiger partial charge in [-0.2, -0.15) is 0 Å². The standard InChI is InChI=1S/C8H5N3O4S2/c12-8(10-7-9-1-2-16-7)15-5-3-6(11(13)14)17-4-5/h1-4H,(H,9,10,12). The summed E-state index contributed by atoms with van der Waals surface area (Å²) in [5, 5.41) is 16.2. The minimum atomic E-state index is -0.729. The molecule has 0 unspecified atom stereocenters. The molecule has 2 heterocycles. The summed E-state index contributed by atoms with van der Waals surface area (Å²) >= 11 is 2.13. The Morgan fingerprint density at radius 1 is 1.53 bits per heavy atom. The highest BCUT2D eigenvalue weighted by Gasteiger charge is 2.13. The average Bonchev–Trinajstić information content (AvgIpc) is 2.88. The largest absolute Gasteiger partial charge is 0.418 e. The van der Waals surface area contributed by atoms with E-state index in [1.165, 1.54) is 29.0 Å². The van der Waals surface area contributed by atoms with E-state index in [2.05, 4.69) is 10.3 Å². The van der Waals surface area contributed by atoms with E-state index in [-0.39, 0.29) is 10.8 Å². The average molecular weight is 271 g/mol. The van der Waals surface area contributed by atoms with Crippen molar-refractivity contribution in [1.29, 1.82) is 0 Å². The van der Waals surface area contributed by atoms with Crippen LogP contribution in [0, 0.1) is 10.1 Å². The van der Waals surface area contributed by atoms with E-state index in [1.54, 1.807) is 5.38 Å². The third-order valence-electron chi connectivity index (χ3n) is 1.59. The van der Waals surface area contributed by atoms with Gasteiger partial charge in [-0.3, -0.25) is 15.4 Å². The SMILES string of the molecule is O=C(Nc1nccs1)Oc1csc([N+](=O)[O-])c1. The van der Waals surface area contributed by atoms with E-state index < -0.39 is 11.0 Å². The van der Waals surface area contributed by atoms with Crippen molar-refractivity contribution in [2.75, 3.05) is 5.32 Å². The Morgan fingerprint density at radius 2 is 2.35 bits per heavy atom. The lowest BCUT2D eigenvalue weighted by Crippen LogP contribution is -2.16. The van der Waals surface area contributed by atoms with Crippen molar-refractivity contribution in [3.63, 3.8) is 0 Å². The molecule has 0 aliphatic rings. The number of aromatic nitrogens is 1. The zero-order chi connectivity index (χ0) is 12.3. The Labute approximate surface area is 103 Å². The molecule has 0 saturated heterocycles. The van der Waals surface area contributed by atoms with Gasteiger partial charge >= 0.3 is 11.1 Å². The molecule has 0 bridgehead atoms. The molecule has 2 aromatic heterocycles. The number of nitrogens with one attached hydrogen (secondary N) is 1. The van der Waals surface area contributed by atoms with Gasteiger partial charge in [0, 0.05) is 17.0 Å². The second kappa shape index (κ2) is 4.89. The van der Waals surface area contributed by atoms with Crippen LogP contribution in [0.3, 0.4) is 0 Å². The van der Waals surface area contributed by atoms with Gasteiger partial charge in [0.15, 0.2) is 10.9 Å². The van der Waals surface area contributed by atoms with Gasteiger partial charge in [0.2, 0.25) is 0 Å². The number of hydrogen-bond acceptors (Lipinski definition) is 7. The van der Waals surface area contributed by atoms with Gasteiger partial charge < -0.3 is 4.74 Å². The number of nitrogens with zero attached hydrogens (tertiary/aromatic N) is 2. The highest BCUT2D eigenvalue weighted by atomic mass is 32.1. The van der Waals surface area contributed by atoms with Gasteiger partial charge in [0.05, 0.1) is 11.0 Å². The summed E-state index contributed by atoms with van der Waals surface area (Å²) < 4.78 is 4.84. The number of hydrogen-bond donors (Lipinski definition) is 1. The van der Waals surface area contributed by atoms with Crippen LogP contribution in [0.25, 0.3) is 0 Å². The van der Waals surface area contributed by atoms with E-state index in [4.69, 9.17) is 4.74 Å². The van der Waals surface area contributed by atoms with Crippen LogP contribution in [0.2, 0.25) is 0 Å². The maximum Gasteiger partial charge on any atom is 0.418 e. The second-order valence-electron chi connectivity index (χ2n) is 2.73. The predicted molar refractivity (Wildman–Crippen MR) is 62.7 cm³/mol. The fourth-order valence-electron chi connectivity index (χ4n) is 0.962. The Morgan fingerprint density at radius 3 is 2.94 bits per heavy atom. The fraction of sp³-hybridized carbons (Fsp3) is 0. The van der Waals surface area contributed by atoms with E-state index >= 15 is 0 Å². The molecule has 0 atom stereocenters. The molecule has 0 aliphatic carbocycles. The lowest BCUT2D eigenvalue weighted by Gasteiger charge is -2.00. The lowest BCUT2D eigenvalue weighted by molar-refractivity contribution is -0.380. The number of carbonyl (C=O) groups is 1. The van der Waals surface area contributed by atoms with Crippen molar-refractivity contribution in [3.05, 3.63) is 33.1 Å². The number of rotatable bonds is 3. The molecule has 2 aromatic rings. The van der Waals surface area contributed by atoms with Crippen LogP contribution < -0.4 is 10.1 Å². The summed E-state index contributed by atoms with van der Waals surface area (Å²) in [6, 6.07) is 1.19. The molecule has 0 saturated carbocycles. The van der Waals surface area contributed by atoms with Gasteiger partial charge in [-0.15, -0.1) is 11.3 Å². The van der Waals surface area contributed by atoms with Gasteiger partial charge in [0.1, 0.15) is 0 Å². The molecule has 0 aliphatic heterocycles. The minimum absolute atomic E-state index is 0.0814. The predicted octanol–water partition coefficient (Wildman–Crippen LogP) is 2.72. The van der Waals surface area contributed by atoms with Crippen LogP contribution in [-0.4, -0.2) is 16.0 Å². The molecule has 17 heavy (non-hydrogen) atoms. The number of anilines is 1. The van der Waals surface area contributed by atoms with Gasteiger partial charge in [-0.1, -0.05) is 11.3 Å². The van der Waals surface area contributed by atoms with Crippen molar-refractivity contribution < 1.29 is 14.5 Å². The normalized spacial score (nSPS) is 9.88. The summed E-state index contributed by atoms with van der Waals surface area (Å²) in [6.07, 6.45) is 0.808. The first kappa shape index (κ1) is 11.5. The van der Waals surface area contributed by atoms with Crippen LogP contribution >= 0.6 is 22.7 Å². The van der Waals surface area contributed by atoms with E-state index in [0.717, 1.165) is 11.3 Å². The first-order chi connectivity index (χ1) is 8.15. The highest BCUT2D eigenvalue weighted by molar-refractivity contribution is 7.14. The molecule has 0 radical (unpaired) electrons. The van der Waals surface area contributed by atoms with Crippen LogP contribution in [0.1, 0.15) is 0 Å². The Hall–Kier alpha value is -2.00. The maximum atomic E-state index is 11.3. The third-order valence-corrected chi connectivity index (χ3v) is 3.14. The highest BCUT2D eigenvalue weighted by Crippen LogP contribution is 2.28. The molecule has 88 valence electrons. The molecule has 1 N–H and O–H groups in total. The van der Waals surface area contributed by atoms with Gasteiger partial charge in [-0.25, -0.2) is 9.78 Å². The van der Waals surface area contributed by atoms with Crippen LogP contribution in [-0.2, 0) is 0 Å². The molecule has 9 heteroatoms. The van der Waals surface area contributed by atoms with Crippen molar-refractivity contribution in [2.45, 2.75) is 0 Å². The molecule has 1 amide bonds. The number of ether oxygens (including phenoxy) is 1. The van der Waals surface area contributed by atoms with E-state index in [1.807, 2.05) is 0 Å². The smallest absolute Gasteiger partial charge is 0.409 e. The molecule has 7 nitrogen and oxygen atoms in total. The zero-order valence-electron chi connectivity index (χ0n) is 8.15. The van der Waals surface area contributed by atoms with Crippen molar-refractivity contribution in [2.24, 2.45) is 0 Å². The maximum absolute atomic E-state index is 11.3. The van der Waals surface area contributed by atoms with Gasteiger partial charge in [0.25, 0.3) is 0 Å². The number of nitro groups is 1. The third kappa shape index (κ3) is 2.98. The quantitative estimate of drug-likeness (QED) is 0.684. The van der Waals surface area contributed by atoms with E-state index in [9.17, 15) is 14.9 Å². The molecule has 2 rings (SSSR count). The van der Waals surface area contributed by atoms with Crippen molar-refractivity contribution in [3.8, 4) is 5.75 Å². The van der Waals surface area contributed by atoms with Crippen LogP contribution in [0.5, 0.6) is 5.75 Å². The number of thiazole rings is 1. The Kier molecular flexibility index (Phi) is 3.30. The van der Waals surface area contributed by atoms with Crippen molar-refractivity contribution in [1.82, 2.24) is 4.98 Å². The summed E-state index contributed by atoms with van der Waals surface area (Å²) in [4.78, 5) is 25.0. The number of thiophene rings is 1. The molecule has 0 spiro atoms. The fourth-order valence-corrected chi connectivity index (χ4v) is 2.10. The monoisotopic (exact) mass is 271 g/mol. The Balaban J connectivity index is 1.96. The zero-order valence-corrected chi connectivity index (χ0v) is 9.79. The Bertz CT molecular complexity index is 537. The van der Waals surface area contributed by atoms with E-state index in [0.29, 0.717) is 5.13 Å². The summed E-state index contributed by atoms with van der Waals surface area (Å²) in [5.74, 6) is 0.135. The lowest BCUT2D eigenvalue weighted by atomic mass is 10.6. The van der Waals surface area contributed by atoms with Crippen LogP contribution in [0.4, 0.5) is 14.9 Å². The summed E-state index contributed by atoms with van der Waals surface area (Å²) in [5.41, 5.74) is 0. The second-order valence-corrected chi connectivity index (χ2v) is 4.51. The topological polar surface area (TPSA) is 94.4 Å². The molecule has 0 aromatic carbocycles. The molecular weight excluding hydrogens is 266 g/mol. The first-order valence-corrected chi connectivity index (χ1v) is 6.02. The number of amides is 1. The van der Waals surface area contributed by atoms with Crippen LogP contribution in [0.15, 0.2) is 23.0 Å².